The SMILES string of the molecule is CCCN(CC1CC1)C(c1ccccc1C)C(N)CC. The summed E-state index contributed by atoms with van der Waals surface area (Å²) in [6.45, 7) is 9.07. The van der Waals surface area contributed by atoms with Crippen molar-refractivity contribution in [2.75, 3.05) is 13.1 Å². The van der Waals surface area contributed by atoms with Gasteiger partial charge in [0.05, 0.1) is 6.04 Å². The molecule has 0 saturated heterocycles. The molecule has 1 fully saturated rings. The van der Waals surface area contributed by atoms with Gasteiger partial charge in [-0.15, -0.1) is 0 Å². The third kappa shape index (κ3) is 3.83. The summed E-state index contributed by atoms with van der Waals surface area (Å²) in [5, 5.41) is 0. The number of aryl methyl sites for hydroxylation is 1. The fourth-order valence-corrected chi connectivity index (χ4v) is 3.10. The second-order valence-electron chi connectivity index (χ2n) is 6.31. The third-order valence-electron chi connectivity index (χ3n) is 4.48. The molecule has 0 amide bonds. The van der Waals surface area contributed by atoms with Crippen LogP contribution in [0.2, 0.25) is 0 Å². The molecule has 2 unspecified atom stereocenters. The maximum atomic E-state index is 6.50. The minimum atomic E-state index is 0.224. The number of hydrogen-bond acceptors (Lipinski definition) is 2. The second-order valence-corrected chi connectivity index (χ2v) is 6.31. The van der Waals surface area contributed by atoms with Gasteiger partial charge in [0, 0.05) is 12.6 Å². The van der Waals surface area contributed by atoms with Crippen molar-refractivity contribution in [2.24, 2.45) is 11.7 Å². The van der Waals surface area contributed by atoms with Gasteiger partial charge in [0.25, 0.3) is 0 Å². The Hall–Kier alpha value is -0.860. The summed E-state index contributed by atoms with van der Waals surface area (Å²) >= 11 is 0. The summed E-state index contributed by atoms with van der Waals surface area (Å²) in [5.41, 5.74) is 9.30. The van der Waals surface area contributed by atoms with Gasteiger partial charge in [-0.25, -0.2) is 0 Å². The first-order valence-corrected chi connectivity index (χ1v) is 8.22. The highest BCUT2D eigenvalue weighted by Gasteiger charge is 2.31. The van der Waals surface area contributed by atoms with Crippen molar-refractivity contribution in [3.63, 3.8) is 0 Å². The average Bonchev–Trinajstić information content (AvgIpc) is 3.25. The molecule has 1 aliphatic carbocycles. The van der Waals surface area contributed by atoms with E-state index in [-0.39, 0.29) is 6.04 Å². The quantitative estimate of drug-likeness (QED) is 0.779. The summed E-state index contributed by atoms with van der Waals surface area (Å²) < 4.78 is 0. The Bertz CT molecular complexity index is 412. The van der Waals surface area contributed by atoms with Crippen molar-refractivity contribution >= 4 is 0 Å². The van der Waals surface area contributed by atoms with Crippen LogP contribution in [0.3, 0.4) is 0 Å². The molecule has 0 heterocycles. The lowest BCUT2D eigenvalue weighted by molar-refractivity contribution is 0.161. The van der Waals surface area contributed by atoms with Crippen molar-refractivity contribution in [2.45, 2.75) is 58.5 Å². The van der Waals surface area contributed by atoms with Gasteiger partial charge in [0.1, 0.15) is 0 Å². The van der Waals surface area contributed by atoms with E-state index in [9.17, 15) is 0 Å². The molecule has 1 aliphatic rings. The van der Waals surface area contributed by atoms with Crippen LogP contribution >= 0.6 is 0 Å². The van der Waals surface area contributed by atoms with E-state index in [2.05, 4.69) is 49.9 Å². The molecule has 0 aliphatic heterocycles. The van der Waals surface area contributed by atoms with Crippen molar-refractivity contribution in [3.05, 3.63) is 35.4 Å². The van der Waals surface area contributed by atoms with E-state index >= 15 is 0 Å². The summed E-state index contributed by atoms with van der Waals surface area (Å²) in [5.74, 6) is 0.914. The number of rotatable bonds is 8. The first kappa shape index (κ1) is 15.5. The summed E-state index contributed by atoms with van der Waals surface area (Å²) in [6, 6.07) is 9.36. The summed E-state index contributed by atoms with van der Waals surface area (Å²) in [6.07, 6.45) is 5.04. The zero-order chi connectivity index (χ0) is 14.5. The van der Waals surface area contributed by atoms with Gasteiger partial charge in [-0.2, -0.15) is 0 Å². The molecule has 0 aromatic heterocycles. The maximum absolute atomic E-state index is 6.50. The first-order chi connectivity index (χ1) is 9.67. The zero-order valence-corrected chi connectivity index (χ0v) is 13.3. The Labute approximate surface area is 124 Å². The third-order valence-corrected chi connectivity index (χ3v) is 4.48. The molecule has 2 rings (SSSR count). The van der Waals surface area contributed by atoms with Crippen LogP contribution in [-0.2, 0) is 0 Å². The van der Waals surface area contributed by atoms with Crippen LogP contribution in [0.1, 0.15) is 56.7 Å². The molecular weight excluding hydrogens is 244 g/mol. The predicted octanol–water partition coefficient (Wildman–Crippen LogP) is 3.90. The van der Waals surface area contributed by atoms with Gasteiger partial charge in [-0.05, 0) is 56.2 Å². The smallest absolute Gasteiger partial charge is 0.0501 e. The largest absolute Gasteiger partial charge is 0.326 e. The molecular formula is C18H30N2. The topological polar surface area (TPSA) is 29.3 Å². The van der Waals surface area contributed by atoms with Gasteiger partial charge in [0.2, 0.25) is 0 Å². The van der Waals surface area contributed by atoms with Crippen LogP contribution < -0.4 is 5.73 Å². The molecule has 0 bridgehead atoms. The molecule has 2 heteroatoms. The van der Waals surface area contributed by atoms with E-state index < -0.39 is 0 Å². The van der Waals surface area contributed by atoms with Gasteiger partial charge in [-0.1, -0.05) is 38.1 Å². The monoisotopic (exact) mass is 274 g/mol. The highest BCUT2D eigenvalue weighted by atomic mass is 15.2. The normalized spacial score (nSPS) is 18.2. The Morgan fingerprint density at radius 1 is 1.25 bits per heavy atom. The first-order valence-electron chi connectivity index (χ1n) is 8.22. The van der Waals surface area contributed by atoms with E-state index in [1.807, 2.05) is 0 Å². The lowest BCUT2D eigenvalue weighted by Crippen LogP contribution is -2.42. The number of nitrogens with zero attached hydrogens (tertiary/aromatic N) is 1. The fourth-order valence-electron chi connectivity index (χ4n) is 3.10. The van der Waals surface area contributed by atoms with Gasteiger partial charge >= 0.3 is 0 Å². The summed E-state index contributed by atoms with van der Waals surface area (Å²) in [4.78, 5) is 2.65. The molecule has 1 aromatic rings. The Kier molecular flexibility index (Phi) is 5.62. The second kappa shape index (κ2) is 7.24. The Balaban J connectivity index is 2.26. The van der Waals surface area contributed by atoms with E-state index in [0.29, 0.717) is 6.04 Å². The molecule has 2 N–H and O–H groups in total. The molecule has 0 radical (unpaired) electrons. The molecule has 20 heavy (non-hydrogen) atoms. The molecule has 0 spiro atoms. The standard InChI is InChI=1S/C18H30N2/c1-4-12-20(13-15-10-11-15)18(17(19)5-2)16-9-7-6-8-14(16)3/h6-9,15,17-18H,4-5,10-13,19H2,1-3H3. The van der Waals surface area contributed by atoms with E-state index in [1.165, 1.54) is 36.9 Å². The molecule has 1 saturated carbocycles. The molecule has 2 nitrogen and oxygen atoms in total. The van der Waals surface area contributed by atoms with Gasteiger partial charge in [0.15, 0.2) is 0 Å². The van der Waals surface area contributed by atoms with Crippen LogP contribution in [0.4, 0.5) is 0 Å². The molecule has 1 aromatic carbocycles. The van der Waals surface area contributed by atoms with Crippen LogP contribution in [0.25, 0.3) is 0 Å². The van der Waals surface area contributed by atoms with Crippen molar-refractivity contribution in [3.8, 4) is 0 Å². The Morgan fingerprint density at radius 3 is 2.50 bits per heavy atom. The highest BCUT2D eigenvalue weighted by Crippen LogP contribution is 2.35. The molecule has 112 valence electrons. The zero-order valence-electron chi connectivity index (χ0n) is 13.3. The number of benzene rings is 1. The van der Waals surface area contributed by atoms with Crippen molar-refractivity contribution in [1.82, 2.24) is 4.90 Å². The predicted molar refractivity (Wildman–Crippen MR) is 86.8 cm³/mol. The van der Waals surface area contributed by atoms with Gasteiger partial charge in [-0.3, -0.25) is 4.90 Å². The average molecular weight is 274 g/mol. The van der Waals surface area contributed by atoms with Gasteiger partial charge < -0.3 is 5.73 Å². The minimum Gasteiger partial charge on any atom is -0.326 e. The molecule has 2 atom stereocenters. The van der Waals surface area contributed by atoms with E-state index in [1.54, 1.807) is 0 Å². The highest BCUT2D eigenvalue weighted by molar-refractivity contribution is 5.30. The number of nitrogens with two attached hydrogens (primary N) is 1. The lowest BCUT2D eigenvalue weighted by atomic mass is 9.92. The lowest BCUT2D eigenvalue weighted by Gasteiger charge is -2.36. The maximum Gasteiger partial charge on any atom is 0.0501 e. The fraction of sp³-hybridized carbons (Fsp3) is 0.667. The van der Waals surface area contributed by atoms with Crippen molar-refractivity contribution in [1.29, 1.82) is 0 Å². The number of hydrogen-bond donors (Lipinski definition) is 1. The van der Waals surface area contributed by atoms with Crippen molar-refractivity contribution < 1.29 is 0 Å². The van der Waals surface area contributed by atoms with Crippen LogP contribution in [0.5, 0.6) is 0 Å². The Morgan fingerprint density at radius 2 is 1.95 bits per heavy atom. The van der Waals surface area contributed by atoms with Crippen LogP contribution in [0.15, 0.2) is 24.3 Å². The summed E-state index contributed by atoms with van der Waals surface area (Å²) in [7, 11) is 0. The van der Waals surface area contributed by atoms with E-state index in [4.69, 9.17) is 5.73 Å². The van der Waals surface area contributed by atoms with Crippen LogP contribution in [-0.4, -0.2) is 24.0 Å². The van der Waals surface area contributed by atoms with E-state index in [0.717, 1.165) is 18.9 Å². The van der Waals surface area contributed by atoms with Crippen LogP contribution in [0, 0.1) is 12.8 Å². The minimum absolute atomic E-state index is 0.224.